The van der Waals surface area contributed by atoms with Gasteiger partial charge in [-0.2, -0.15) is 26.3 Å². The summed E-state index contributed by atoms with van der Waals surface area (Å²) in [5, 5.41) is 3.92. The number of carbonyl (C=O) groups excluding carboxylic acids is 1. The van der Waals surface area contributed by atoms with Crippen LogP contribution in [0, 0.1) is 0 Å². The Kier molecular flexibility index (Phi) is 6.56. The summed E-state index contributed by atoms with van der Waals surface area (Å²) >= 11 is 0. The number of hydrogen-bond donors (Lipinski definition) is 0. The SMILES string of the molecule is CC(C)OC(=O)C(=Cn1cnc(-c2cc(C(F)(F)F)cc(C(F)(F)F)c2)n1)c1cccnc1. The second kappa shape index (κ2) is 9.04. The van der Waals surface area contributed by atoms with Crippen molar-refractivity contribution in [2.75, 3.05) is 0 Å². The molecule has 12 heteroatoms. The molecule has 0 bridgehead atoms. The van der Waals surface area contributed by atoms with Crippen LogP contribution < -0.4 is 0 Å². The van der Waals surface area contributed by atoms with Gasteiger partial charge in [0, 0.05) is 29.7 Å². The van der Waals surface area contributed by atoms with Gasteiger partial charge in [-0.25, -0.2) is 14.5 Å². The fourth-order valence-electron chi connectivity index (χ4n) is 2.73. The molecular formula is C21H16F6N4O2. The first-order valence-corrected chi connectivity index (χ1v) is 9.39. The van der Waals surface area contributed by atoms with Crippen molar-refractivity contribution in [3.63, 3.8) is 0 Å². The number of ether oxygens (including phenoxy) is 1. The minimum absolute atomic E-state index is 0.00766. The van der Waals surface area contributed by atoms with E-state index in [1.54, 1.807) is 26.0 Å². The number of hydrogen-bond acceptors (Lipinski definition) is 5. The quantitative estimate of drug-likeness (QED) is 0.287. The number of carbonyl (C=O) groups is 1. The number of aromatic nitrogens is 4. The predicted molar refractivity (Wildman–Crippen MR) is 105 cm³/mol. The van der Waals surface area contributed by atoms with Crippen LogP contribution in [0.15, 0.2) is 49.1 Å². The maximum absolute atomic E-state index is 13.1. The normalized spacial score (nSPS) is 12.8. The van der Waals surface area contributed by atoms with E-state index in [0.717, 1.165) is 11.0 Å². The van der Waals surface area contributed by atoms with E-state index in [4.69, 9.17) is 4.74 Å². The molecule has 0 radical (unpaired) electrons. The molecule has 2 heterocycles. The van der Waals surface area contributed by atoms with Crippen molar-refractivity contribution in [3.8, 4) is 11.4 Å². The van der Waals surface area contributed by atoms with Crippen LogP contribution in [-0.4, -0.2) is 31.8 Å². The van der Waals surface area contributed by atoms with Crippen molar-refractivity contribution in [1.82, 2.24) is 19.7 Å². The highest BCUT2D eigenvalue weighted by Gasteiger charge is 2.37. The Morgan fingerprint density at radius 2 is 1.70 bits per heavy atom. The Labute approximate surface area is 183 Å². The Balaban J connectivity index is 2.06. The van der Waals surface area contributed by atoms with Crippen LogP contribution in [0.5, 0.6) is 0 Å². The third-order valence-corrected chi connectivity index (χ3v) is 4.15. The molecule has 0 spiro atoms. The number of esters is 1. The summed E-state index contributed by atoms with van der Waals surface area (Å²) < 4.78 is 85.0. The van der Waals surface area contributed by atoms with Crippen molar-refractivity contribution in [2.45, 2.75) is 32.3 Å². The molecule has 1 aromatic carbocycles. The second-order valence-corrected chi connectivity index (χ2v) is 7.08. The van der Waals surface area contributed by atoms with E-state index < -0.39 is 46.9 Å². The molecule has 2 aromatic heterocycles. The number of rotatable bonds is 5. The van der Waals surface area contributed by atoms with Crippen LogP contribution in [0.25, 0.3) is 23.2 Å². The van der Waals surface area contributed by atoms with Gasteiger partial charge in [0.15, 0.2) is 5.82 Å². The minimum Gasteiger partial charge on any atom is -0.459 e. The fraction of sp³-hybridized carbons (Fsp3) is 0.238. The molecule has 0 aliphatic heterocycles. The van der Waals surface area contributed by atoms with Gasteiger partial charge in [0.25, 0.3) is 0 Å². The molecule has 0 saturated heterocycles. The summed E-state index contributed by atoms with van der Waals surface area (Å²) in [5.41, 5.74) is -3.10. The lowest BCUT2D eigenvalue weighted by Crippen LogP contribution is -2.13. The highest BCUT2D eigenvalue weighted by atomic mass is 19.4. The Morgan fingerprint density at radius 3 is 2.21 bits per heavy atom. The van der Waals surface area contributed by atoms with Crippen molar-refractivity contribution < 1.29 is 35.9 Å². The monoisotopic (exact) mass is 470 g/mol. The average molecular weight is 470 g/mol. The molecule has 0 atom stereocenters. The zero-order valence-corrected chi connectivity index (χ0v) is 17.1. The van der Waals surface area contributed by atoms with Crippen LogP contribution in [0.3, 0.4) is 0 Å². The van der Waals surface area contributed by atoms with Gasteiger partial charge >= 0.3 is 18.3 Å². The lowest BCUT2D eigenvalue weighted by Gasteiger charge is -2.13. The zero-order chi connectivity index (χ0) is 24.4. The predicted octanol–water partition coefficient (Wildman–Crippen LogP) is 5.33. The Hall–Kier alpha value is -3.70. The van der Waals surface area contributed by atoms with Crippen LogP contribution in [0.4, 0.5) is 26.3 Å². The van der Waals surface area contributed by atoms with Crippen molar-refractivity contribution >= 4 is 17.7 Å². The van der Waals surface area contributed by atoms with Gasteiger partial charge in [-0.1, -0.05) is 6.07 Å². The lowest BCUT2D eigenvalue weighted by atomic mass is 10.0. The first kappa shape index (κ1) is 24.0. The molecule has 0 fully saturated rings. The molecule has 0 N–H and O–H groups in total. The average Bonchev–Trinajstić information content (AvgIpc) is 3.19. The first-order chi connectivity index (χ1) is 15.3. The molecule has 0 amide bonds. The summed E-state index contributed by atoms with van der Waals surface area (Å²) in [4.78, 5) is 20.2. The van der Waals surface area contributed by atoms with Gasteiger partial charge < -0.3 is 4.74 Å². The zero-order valence-electron chi connectivity index (χ0n) is 17.1. The molecular weight excluding hydrogens is 454 g/mol. The molecule has 0 aliphatic rings. The summed E-state index contributed by atoms with van der Waals surface area (Å²) in [6.45, 7) is 3.27. The summed E-state index contributed by atoms with van der Waals surface area (Å²) in [6, 6.07) is 4.20. The maximum atomic E-state index is 13.1. The van der Waals surface area contributed by atoms with Crippen molar-refractivity contribution in [2.24, 2.45) is 0 Å². The van der Waals surface area contributed by atoms with E-state index in [2.05, 4.69) is 15.1 Å². The topological polar surface area (TPSA) is 69.9 Å². The largest absolute Gasteiger partial charge is 0.459 e. The van der Waals surface area contributed by atoms with Gasteiger partial charge in [0.1, 0.15) is 6.33 Å². The maximum Gasteiger partial charge on any atom is 0.416 e. The number of pyridine rings is 1. The van der Waals surface area contributed by atoms with E-state index in [1.165, 1.54) is 18.6 Å². The minimum atomic E-state index is -5.01. The van der Waals surface area contributed by atoms with Gasteiger partial charge in [0.05, 0.1) is 22.8 Å². The third-order valence-electron chi connectivity index (χ3n) is 4.15. The highest BCUT2D eigenvalue weighted by molar-refractivity contribution is 6.20. The number of benzene rings is 1. The highest BCUT2D eigenvalue weighted by Crippen LogP contribution is 2.38. The molecule has 0 saturated carbocycles. The van der Waals surface area contributed by atoms with Crippen LogP contribution in [0.1, 0.15) is 30.5 Å². The summed E-state index contributed by atoms with van der Waals surface area (Å²) in [7, 11) is 0. The lowest BCUT2D eigenvalue weighted by molar-refractivity contribution is -0.143. The first-order valence-electron chi connectivity index (χ1n) is 9.39. The molecule has 3 rings (SSSR count). The van der Waals surface area contributed by atoms with Gasteiger partial charge in [-0.15, -0.1) is 5.10 Å². The number of nitrogens with zero attached hydrogens (tertiary/aromatic N) is 4. The smallest absolute Gasteiger partial charge is 0.416 e. The van der Waals surface area contributed by atoms with Crippen LogP contribution >= 0.6 is 0 Å². The second-order valence-electron chi connectivity index (χ2n) is 7.08. The molecule has 33 heavy (non-hydrogen) atoms. The molecule has 0 aliphatic carbocycles. The van der Waals surface area contributed by atoms with E-state index in [-0.39, 0.29) is 11.6 Å². The van der Waals surface area contributed by atoms with Gasteiger partial charge in [-0.3, -0.25) is 4.98 Å². The van der Waals surface area contributed by atoms with E-state index in [0.29, 0.717) is 17.7 Å². The Morgan fingerprint density at radius 1 is 1.06 bits per heavy atom. The van der Waals surface area contributed by atoms with E-state index in [9.17, 15) is 31.1 Å². The molecule has 174 valence electrons. The van der Waals surface area contributed by atoms with Gasteiger partial charge in [-0.05, 0) is 38.1 Å². The molecule has 6 nitrogen and oxygen atoms in total. The van der Waals surface area contributed by atoms with Crippen LogP contribution in [-0.2, 0) is 21.9 Å². The number of alkyl halides is 6. The van der Waals surface area contributed by atoms with Crippen LogP contribution in [0.2, 0.25) is 0 Å². The summed E-state index contributed by atoms with van der Waals surface area (Å²) in [6.07, 6.45) is -5.37. The van der Waals surface area contributed by atoms with Gasteiger partial charge in [0.2, 0.25) is 0 Å². The van der Waals surface area contributed by atoms with E-state index >= 15 is 0 Å². The summed E-state index contributed by atoms with van der Waals surface area (Å²) in [5.74, 6) is -1.13. The third kappa shape index (κ3) is 5.96. The number of halogens is 6. The standard InChI is InChI=1S/C21H16F6N4O2/c1-12(2)33-19(32)17(13-4-3-5-28-9-13)10-31-11-29-18(30-31)14-6-15(20(22,23)24)8-16(7-14)21(25,26)27/h3-12H,1-2H3. The van der Waals surface area contributed by atoms with Crippen molar-refractivity contribution in [3.05, 3.63) is 65.7 Å². The van der Waals surface area contributed by atoms with Crippen molar-refractivity contribution in [1.29, 1.82) is 0 Å². The molecule has 3 aromatic rings. The fourth-order valence-corrected chi connectivity index (χ4v) is 2.73. The molecule has 0 unspecified atom stereocenters. The Bertz CT molecular complexity index is 1140. The van der Waals surface area contributed by atoms with E-state index in [1.807, 2.05) is 0 Å².